The molecule has 2 N–H and O–H groups in total. The first kappa shape index (κ1) is 16.2. The Morgan fingerprint density at radius 1 is 1.35 bits per heavy atom. The second-order valence-electron chi connectivity index (χ2n) is 4.22. The van der Waals surface area contributed by atoms with Crippen LogP contribution in [0.25, 0.3) is 0 Å². The fraction of sp³-hybridized carbons (Fsp3) is 0.308. The molecular formula is C13H16BrN3O3. The summed E-state index contributed by atoms with van der Waals surface area (Å²) >= 11 is 3.34. The van der Waals surface area contributed by atoms with Gasteiger partial charge in [0.1, 0.15) is 5.75 Å². The van der Waals surface area contributed by atoms with Crippen LogP contribution in [0.2, 0.25) is 0 Å². The third kappa shape index (κ3) is 5.00. The third-order valence-electron chi connectivity index (χ3n) is 2.18. The van der Waals surface area contributed by atoms with Crippen LogP contribution in [0.4, 0.5) is 0 Å². The van der Waals surface area contributed by atoms with E-state index >= 15 is 0 Å². The Bertz CT molecular complexity index is 530. The largest absolute Gasteiger partial charge is 0.496 e. The highest BCUT2D eigenvalue weighted by Crippen LogP contribution is 2.24. The molecule has 6 nitrogen and oxygen atoms in total. The second kappa shape index (κ2) is 7.64. The number of halogens is 1. The smallest absolute Gasteiger partial charge is 0.329 e. The van der Waals surface area contributed by atoms with Crippen LogP contribution in [0, 0.1) is 0 Å². The van der Waals surface area contributed by atoms with Gasteiger partial charge in [-0.3, -0.25) is 9.59 Å². The van der Waals surface area contributed by atoms with Gasteiger partial charge in [0.05, 0.1) is 17.8 Å². The van der Waals surface area contributed by atoms with Crippen LogP contribution < -0.4 is 15.5 Å². The van der Waals surface area contributed by atoms with Crippen molar-refractivity contribution < 1.29 is 14.3 Å². The Labute approximate surface area is 125 Å². The quantitative estimate of drug-likeness (QED) is 0.494. The summed E-state index contributed by atoms with van der Waals surface area (Å²) in [6.07, 6.45) is 1.44. The van der Waals surface area contributed by atoms with E-state index in [-0.39, 0.29) is 6.04 Å². The Morgan fingerprint density at radius 2 is 2.05 bits per heavy atom. The van der Waals surface area contributed by atoms with Crippen molar-refractivity contribution in [3.8, 4) is 5.75 Å². The molecule has 0 fully saturated rings. The fourth-order valence-corrected chi connectivity index (χ4v) is 1.87. The lowest BCUT2D eigenvalue weighted by atomic mass is 10.2. The minimum absolute atomic E-state index is 0.102. The van der Waals surface area contributed by atoms with Crippen molar-refractivity contribution >= 4 is 34.0 Å². The van der Waals surface area contributed by atoms with Gasteiger partial charge >= 0.3 is 11.8 Å². The predicted molar refractivity (Wildman–Crippen MR) is 79.7 cm³/mol. The summed E-state index contributed by atoms with van der Waals surface area (Å²) in [7, 11) is 1.57. The number of benzene rings is 1. The minimum Gasteiger partial charge on any atom is -0.496 e. The molecule has 1 rings (SSSR count). The number of rotatable bonds is 4. The molecule has 0 aliphatic heterocycles. The molecule has 2 amide bonds. The van der Waals surface area contributed by atoms with Gasteiger partial charge in [-0.2, -0.15) is 5.10 Å². The van der Waals surface area contributed by atoms with E-state index in [1.54, 1.807) is 39.2 Å². The second-order valence-corrected chi connectivity index (χ2v) is 5.08. The van der Waals surface area contributed by atoms with Gasteiger partial charge in [0.15, 0.2) is 0 Å². The van der Waals surface area contributed by atoms with Gasteiger partial charge in [-0.1, -0.05) is 0 Å². The van der Waals surface area contributed by atoms with Gasteiger partial charge in [-0.25, -0.2) is 5.43 Å². The molecule has 0 heterocycles. The molecule has 0 spiro atoms. The zero-order valence-corrected chi connectivity index (χ0v) is 13.0. The Hall–Kier alpha value is -1.89. The van der Waals surface area contributed by atoms with Crippen molar-refractivity contribution in [2.24, 2.45) is 5.10 Å². The number of carbonyl (C=O) groups excluding carboxylic acids is 2. The fourth-order valence-electron chi connectivity index (χ4n) is 1.31. The molecule has 0 aliphatic rings. The first-order chi connectivity index (χ1) is 9.43. The van der Waals surface area contributed by atoms with Crippen molar-refractivity contribution in [1.29, 1.82) is 0 Å². The van der Waals surface area contributed by atoms with Crippen LogP contribution >= 0.6 is 15.9 Å². The normalized spacial score (nSPS) is 10.7. The van der Waals surface area contributed by atoms with Crippen molar-refractivity contribution in [2.75, 3.05) is 7.11 Å². The lowest BCUT2D eigenvalue weighted by molar-refractivity contribution is -0.139. The number of hydrogen-bond acceptors (Lipinski definition) is 4. The van der Waals surface area contributed by atoms with Gasteiger partial charge in [-0.15, -0.1) is 0 Å². The molecule has 0 unspecified atom stereocenters. The molecule has 108 valence electrons. The minimum atomic E-state index is -0.803. The van der Waals surface area contributed by atoms with Gasteiger partial charge in [0.25, 0.3) is 0 Å². The van der Waals surface area contributed by atoms with E-state index in [4.69, 9.17) is 4.74 Å². The molecule has 1 aromatic rings. The topological polar surface area (TPSA) is 79.8 Å². The van der Waals surface area contributed by atoms with Crippen molar-refractivity contribution in [1.82, 2.24) is 10.7 Å². The Balaban J connectivity index is 2.59. The highest BCUT2D eigenvalue weighted by Gasteiger charge is 2.12. The molecule has 0 saturated heterocycles. The zero-order chi connectivity index (χ0) is 15.1. The summed E-state index contributed by atoms with van der Waals surface area (Å²) < 4.78 is 5.87. The maximum atomic E-state index is 11.4. The Morgan fingerprint density at radius 3 is 2.60 bits per heavy atom. The summed E-state index contributed by atoms with van der Waals surface area (Å²) in [4.78, 5) is 22.7. The first-order valence-electron chi connectivity index (χ1n) is 5.91. The molecule has 7 heteroatoms. The van der Waals surface area contributed by atoms with Crippen LogP contribution in [-0.4, -0.2) is 31.2 Å². The third-order valence-corrected chi connectivity index (χ3v) is 2.80. The van der Waals surface area contributed by atoms with Gasteiger partial charge in [0, 0.05) is 6.04 Å². The van der Waals surface area contributed by atoms with E-state index in [9.17, 15) is 9.59 Å². The summed E-state index contributed by atoms with van der Waals surface area (Å²) in [5.74, 6) is -0.821. The number of nitrogens with zero attached hydrogens (tertiary/aromatic N) is 1. The number of amides is 2. The van der Waals surface area contributed by atoms with E-state index in [0.29, 0.717) is 5.75 Å². The standard InChI is InChI=1S/C13H16BrN3O3/c1-8(2)16-12(18)13(19)17-15-7-9-4-5-11(20-3)10(14)6-9/h4-8H,1-3H3,(H,16,18)(H,17,19)/b15-7-. The van der Waals surface area contributed by atoms with E-state index < -0.39 is 11.8 Å². The summed E-state index contributed by atoms with van der Waals surface area (Å²) in [6.45, 7) is 3.53. The van der Waals surface area contributed by atoms with Crippen LogP contribution in [0.5, 0.6) is 5.75 Å². The number of hydrogen-bond donors (Lipinski definition) is 2. The van der Waals surface area contributed by atoms with Crippen molar-refractivity contribution in [3.63, 3.8) is 0 Å². The number of nitrogens with one attached hydrogen (secondary N) is 2. The first-order valence-corrected chi connectivity index (χ1v) is 6.70. The molecule has 0 aliphatic carbocycles. The Kier molecular flexibility index (Phi) is 6.17. The number of methoxy groups -OCH3 is 1. The predicted octanol–water partition coefficient (Wildman–Crippen LogP) is 1.43. The number of ether oxygens (including phenoxy) is 1. The highest BCUT2D eigenvalue weighted by atomic mass is 79.9. The molecule has 0 aromatic heterocycles. The summed E-state index contributed by atoms with van der Waals surface area (Å²) in [5.41, 5.74) is 2.91. The lowest BCUT2D eigenvalue weighted by Crippen LogP contribution is -2.41. The van der Waals surface area contributed by atoms with Crippen molar-refractivity contribution in [2.45, 2.75) is 19.9 Å². The number of hydrazone groups is 1. The molecular weight excluding hydrogens is 326 g/mol. The molecule has 1 aromatic carbocycles. The lowest BCUT2D eigenvalue weighted by Gasteiger charge is -2.06. The molecule has 0 bridgehead atoms. The average molecular weight is 342 g/mol. The molecule has 0 radical (unpaired) electrons. The molecule has 0 atom stereocenters. The maximum Gasteiger partial charge on any atom is 0.329 e. The average Bonchev–Trinajstić information content (AvgIpc) is 2.38. The molecule has 20 heavy (non-hydrogen) atoms. The van der Waals surface area contributed by atoms with E-state index in [0.717, 1.165) is 10.0 Å². The van der Waals surface area contributed by atoms with Crippen LogP contribution in [-0.2, 0) is 9.59 Å². The maximum absolute atomic E-state index is 11.4. The van der Waals surface area contributed by atoms with Crippen molar-refractivity contribution in [3.05, 3.63) is 28.2 Å². The van der Waals surface area contributed by atoms with Gasteiger partial charge < -0.3 is 10.1 Å². The van der Waals surface area contributed by atoms with E-state index in [1.165, 1.54) is 6.21 Å². The van der Waals surface area contributed by atoms with Gasteiger partial charge in [0.2, 0.25) is 0 Å². The van der Waals surface area contributed by atoms with Crippen LogP contribution in [0.15, 0.2) is 27.8 Å². The van der Waals surface area contributed by atoms with Crippen LogP contribution in [0.3, 0.4) is 0 Å². The zero-order valence-electron chi connectivity index (χ0n) is 11.4. The van der Waals surface area contributed by atoms with Crippen LogP contribution in [0.1, 0.15) is 19.4 Å². The summed E-state index contributed by atoms with van der Waals surface area (Å²) in [6, 6.07) is 5.21. The van der Waals surface area contributed by atoms with E-state index in [2.05, 4.69) is 31.8 Å². The van der Waals surface area contributed by atoms with E-state index in [1.807, 2.05) is 0 Å². The monoisotopic (exact) mass is 341 g/mol. The summed E-state index contributed by atoms with van der Waals surface area (Å²) in [5, 5.41) is 6.19. The SMILES string of the molecule is COc1ccc(/C=N\NC(=O)C(=O)NC(C)C)cc1Br. The van der Waals surface area contributed by atoms with Gasteiger partial charge in [-0.05, 0) is 53.5 Å². The highest BCUT2D eigenvalue weighted by molar-refractivity contribution is 9.10. The number of carbonyl (C=O) groups is 2. The molecule has 0 saturated carbocycles.